The van der Waals surface area contributed by atoms with Crippen molar-refractivity contribution in [2.75, 3.05) is 7.05 Å². The van der Waals surface area contributed by atoms with Gasteiger partial charge in [0, 0.05) is 29.2 Å². The van der Waals surface area contributed by atoms with Crippen LogP contribution >= 0.6 is 0 Å². The van der Waals surface area contributed by atoms with Gasteiger partial charge in [-0.25, -0.2) is 0 Å². The molecular weight excluding hydrogens is 224 g/mol. The molecule has 3 nitrogen and oxygen atoms in total. The zero-order valence-electron chi connectivity index (χ0n) is 11.4. The number of aromatic nitrogens is 1. The van der Waals surface area contributed by atoms with Crippen LogP contribution in [0.1, 0.15) is 29.4 Å². The van der Waals surface area contributed by atoms with Crippen LogP contribution in [0.2, 0.25) is 0 Å². The van der Waals surface area contributed by atoms with Crippen molar-refractivity contribution in [3.8, 4) is 0 Å². The minimum Gasteiger partial charge on any atom is -0.347 e. The molecule has 18 heavy (non-hydrogen) atoms. The van der Waals surface area contributed by atoms with Crippen LogP contribution in [-0.4, -0.2) is 23.4 Å². The lowest BCUT2D eigenvalue weighted by atomic mass is 9.99. The Balaban J connectivity index is 2.64. The normalized spacial score (nSPS) is 12.9. The second-order valence-corrected chi connectivity index (χ2v) is 4.65. The fraction of sp³-hybridized carbons (Fsp3) is 0.400. The third-order valence-electron chi connectivity index (χ3n) is 3.72. The van der Waals surface area contributed by atoms with Crippen LogP contribution in [0, 0.1) is 6.92 Å². The number of Topliss-reactive ketones (excluding diaryl/α,β-unsaturated/α-hetero) is 1. The molecule has 0 aliphatic rings. The van der Waals surface area contributed by atoms with Crippen molar-refractivity contribution in [2.45, 2.75) is 26.3 Å². The molecule has 0 radical (unpaired) electrons. The highest BCUT2D eigenvalue weighted by Gasteiger charge is 2.23. The van der Waals surface area contributed by atoms with E-state index in [0.717, 1.165) is 28.6 Å². The fourth-order valence-electron chi connectivity index (χ4n) is 2.53. The summed E-state index contributed by atoms with van der Waals surface area (Å²) >= 11 is 0. The summed E-state index contributed by atoms with van der Waals surface area (Å²) in [5.41, 5.74) is 3.01. The van der Waals surface area contributed by atoms with Crippen LogP contribution in [0.4, 0.5) is 0 Å². The molecule has 0 aliphatic carbocycles. The Morgan fingerprint density at radius 2 is 2.06 bits per heavy atom. The molecule has 2 rings (SSSR count). The molecule has 1 heterocycles. The number of carbonyl (C=O) groups is 1. The first kappa shape index (κ1) is 12.8. The topological polar surface area (TPSA) is 34.0 Å². The van der Waals surface area contributed by atoms with E-state index in [1.54, 1.807) is 0 Å². The smallest absolute Gasteiger partial charge is 0.182 e. The van der Waals surface area contributed by atoms with E-state index in [1.807, 2.05) is 46.1 Å². The molecule has 2 aromatic rings. The number of fused-ring (bicyclic) bond motifs is 1. The maximum Gasteiger partial charge on any atom is 0.182 e. The molecule has 96 valence electrons. The number of aryl methyl sites for hydroxylation is 1. The summed E-state index contributed by atoms with van der Waals surface area (Å²) in [7, 11) is 3.85. The maximum atomic E-state index is 12.6. The standard InChI is InChI=1S/C15H20N2O/c1-5-12(16-3)15(18)14-10(2)17(4)13-9-7-6-8-11(13)14/h6-9,12,16H,5H2,1-4H3. The molecule has 3 heteroatoms. The van der Waals surface area contributed by atoms with E-state index in [0.29, 0.717) is 0 Å². The van der Waals surface area contributed by atoms with Gasteiger partial charge in [-0.15, -0.1) is 0 Å². The average Bonchev–Trinajstić information content (AvgIpc) is 2.64. The third-order valence-corrected chi connectivity index (χ3v) is 3.72. The van der Waals surface area contributed by atoms with Gasteiger partial charge in [0.05, 0.1) is 6.04 Å². The molecule has 0 aliphatic heterocycles. The van der Waals surface area contributed by atoms with Gasteiger partial charge in [-0.05, 0) is 26.5 Å². The molecule has 0 saturated heterocycles. The van der Waals surface area contributed by atoms with Crippen molar-refractivity contribution in [3.05, 3.63) is 35.5 Å². The van der Waals surface area contributed by atoms with Crippen molar-refractivity contribution in [2.24, 2.45) is 7.05 Å². The lowest BCUT2D eigenvalue weighted by molar-refractivity contribution is 0.0946. The highest BCUT2D eigenvalue weighted by atomic mass is 16.1. The van der Waals surface area contributed by atoms with E-state index in [1.165, 1.54) is 0 Å². The number of hydrogen-bond acceptors (Lipinski definition) is 2. The number of hydrogen-bond donors (Lipinski definition) is 1. The summed E-state index contributed by atoms with van der Waals surface area (Å²) in [6.45, 7) is 4.04. The van der Waals surface area contributed by atoms with Crippen LogP contribution < -0.4 is 5.32 Å². The number of rotatable bonds is 4. The molecule has 1 unspecified atom stereocenters. The first-order chi connectivity index (χ1) is 8.61. The quantitative estimate of drug-likeness (QED) is 0.839. The van der Waals surface area contributed by atoms with Crippen LogP contribution in [0.15, 0.2) is 24.3 Å². The number of nitrogens with zero attached hydrogens (tertiary/aromatic N) is 1. The van der Waals surface area contributed by atoms with Crippen molar-refractivity contribution in [1.29, 1.82) is 0 Å². The SMILES string of the molecule is CCC(NC)C(=O)c1c(C)n(C)c2ccccc12. The van der Waals surface area contributed by atoms with Gasteiger partial charge in [0.2, 0.25) is 0 Å². The molecule has 1 aromatic heterocycles. The van der Waals surface area contributed by atoms with Crippen molar-refractivity contribution in [1.82, 2.24) is 9.88 Å². The first-order valence-electron chi connectivity index (χ1n) is 6.37. The molecule has 1 N–H and O–H groups in total. The average molecular weight is 244 g/mol. The number of nitrogens with one attached hydrogen (secondary N) is 1. The Bertz CT molecular complexity index is 579. The number of carbonyl (C=O) groups excluding carboxylic acids is 1. The molecular formula is C15H20N2O. The summed E-state index contributed by atoms with van der Waals surface area (Å²) in [6, 6.07) is 7.97. The fourth-order valence-corrected chi connectivity index (χ4v) is 2.53. The predicted molar refractivity (Wildman–Crippen MR) is 75.1 cm³/mol. The summed E-state index contributed by atoms with van der Waals surface area (Å²) in [5, 5.41) is 4.14. The van der Waals surface area contributed by atoms with Gasteiger partial charge >= 0.3 is 0 Å². The van der Waals surface area contributed by atoms with Crippen LogP contribution in [0.5, 0.6) is 0 Å². The van der Waals surface area contributed by atoms with Crippen LogP contribution in [-0.2, 0) is 7.05 Å². The van der Waals surface area contributed by atoms with Crippen molar-refractivity contribution < 1.29 is 4.79 Å². The Kier molecular flexibility index (Phi) is 3.53. The van der Waals surface area contributed by atoms with Gasteiger partial charge < -0.3 is 9.88 Å². The number of likely N-dealkylation sites (N-methyl/N-ethyl adjacent to an activating group) is 1. The zero-order chi connectivity index (χ0) is 13.3. The highest BCUT2D eigenvalue weighted by molar-refractivity contribution is 6.11. The molecule has 0 saturated carbocycles. The first-order valence-corrected chi connectivity index (χ1v) is 6.37. The number of para-hydroxylation sites is 1. The second-order valence-electron chi connectivity index (χ2n) is 4.65. The van der Waals surface area contributed by atoms with E-state index in [2.05, 4.69) is 16.0 Å². The highest BCUT2D eigenvalue weighted by Crippen LogP contribution is 2.26. The third kappa shape index (κ3) is 1.85. The summed E-state index contributed by atoms with van der Waals surface area (Å²) in [4.78, 5) is 12.6. The minimum absolute atomic E-state index is 0.102. The number of ketones is 1. The summed E-state index contributed by atoms with van der Waals surface area (Å²) < 4.78 is 2.09. The second kappa shape index (κ2) is 4.94. The minimum atomic E-state index is -0.102. The van der Waals surface area contributed by atoms with Gasteiger partial charge in [-0.2, -0.15) is 0 Å². The van der Waals surface area contributed by atoms with Crippen molar-refractivity contribution >= 4 is 16.7 Å². The van der Waals surface area contributed by atoms with E-state index < -0.39 is 0 Å². The molecule has 0 bridgehead atoms. The molecule has 0 spiro atoms. The van der Waals surface area contributed by atoms with Crippen molar-refractivity contribution in [3.63, 3.8) is 0 Å². The van der Waals surface area contributed by atoms with E-state index in [9.17, 15) is 4.79 Å². The van der Waals surface area contributed by atoms with E-state index >= 15 is 0 Å². The van der Waals surface area contributed by atoms with Gasteiger partial charge in [-0.1, -0.05) is 25.1 Å². The van der Waals surface area contributed by atoms with Gasteiger partial charge in [0.15, 0.2) is 5.78 Å². The Labute approximate surface area is 108 Å². The Hall–Kier alpha value is -1.61. The predicted octanol–water partition coefficient (Wildman–Crippen LogP) is 2.67. The van der Waals surface area contributed by atoms with Crippen LogP contribution in [0.25, 0.3) is 10.9 Å². The lowest BCUT2D eigenvalue weighted by Crippen LogP contribution is -2.33. The Morgan fingerprint density at radius 3 is 2.67 bits per heavy atom. The van der Waals surface area contributed by atoms with E-state index in [-0.39, 0.29) is 11.8 Å². The maximum absolute atomic E-state index is 12.6. The monoisotopic (exact) mass is 244 g/mol. The zero-order valence-corrected chi connectivity index (χ0v) is 11.4. The van der Waals surface area contributed by atoms with Gasteiger partial charge in [0.1, 0.15) is 0 Å². The van der Waals surface area contributed by atoms with Gasteiger partial charge in [0.25, 0.3) is 0 Å². The largest absolute Gasteiger partial charge is 0.347 e. The van der Waals surface area contributed by atoms with Gasteiger partial charge in [-0.3, -0.25) is 4.79 Å². The molecule has 1 atom stereocenters. The summed E-state index contributed by atoms with van der Waals surface area (Å²) in [5.74, 6) is 0.189. The molecule has 1 aromatic carbocycles. The molecule has 0 amide bonds. The summed E-state index contributed by atoms with van der Waals surface area (Å²) in [6.07, 6.45) is 0.804. The molecule has 0 fully saturated rings. The van der Waals surface area contributed by atoms with E-state index in [4.69, 9.17) is 0 Å². The number of benzene rings is 1. The van der Waals surface area contributed by atoms with Crippen LogP contribution in [0.3, 0.4) is 0 Å². The lowest BCUT2D eigenvalue weighted by Gasteiger charge is -2.12. The Morgan fingerprint density at radius 1 is 1.39 bits per heavy atom.